The number of H-pyrrole nitrogens is 1. The fourth-order valence-corrected chi connectivity index (χ4v) is 2.08. The Morgan fingerprint density at radius 1 is 1.08 bits per heavy atom. The van der Waals surface area contributed by atoms with Gasteiger partial charge in [0.15, 0.2) is 0 Å². The molecule has 3 aromatic rings. The molecular weight excluding hydrogens is 308 g/mol. The van der Waals surface area contributed by atoms with Crippen LogP contribution in [0.3, 0.4) is 0 Å². The number of hydrogen-bond donors (Lipinski definition) is 1. The lowest BCUT2D eigenvalue weighted by Crippen LogP contribution is -2.37. The van der Waals surface area contributed by atoms with Crippen molar-refractivity contribution in [3.05, 3.63) is 81.8 Å². The number of carbonyl (C=O) groups is 1. The number of carbonyl (C=O) groups excluding carboxylic acids is 1. The summed E-state index contributed by atoms with van der Waals surface area (Å²) >= 11 is 0. The van der Waals surface area contributed by atoms with Crippen molar-refractivity contribution >= 4 is 5.97 Å². The zero-order valence-corrected chi connectivity index (χ0v) is 12.8. The predicted molar refractivity (Wildman–Crippen MR) is 84.6 cm³/mol. The van der Waals surface area contributed by atoms with Gasteiger partial charge in [-0.25, -0.2) is 9.59 Å². The van der Waals surface area contributed by atoms with Crippen LogP contribution in [0.4, 0.5) is 0 Å². The van der Waals surface area contributed by atoms with E-state index in [9.17, 15) is 9.59 Å². The van der Waals surface area contributed by atoms with Crippen molar-refractivity contribution in [1.29, 1.82) is 0 Å². The van der Waals surface area contributed by atoms with E-state index in [4.69, 9.17) is 4.52 Å². The molecule has 0 fully saturated rings. The van der Waals surface area contributed by atoms with E-state index < -0.39 is 11.6 Å². The average Bonchev–Trinajstić information content (AvgIpc) is 3.01. The van der Waals surface area contributed by atoms with Gasteiger partial charge in [-0.15, -0.1) is 0 Å². The number of nitrogens with one attached hydrogen (secondary N) is 1. The fraction of sp³-hybridized carbons (Fsp3) is 0.0556. The summed E-state index contributed by atoms with van der Waals surface area (Å²) < 4.78 is 10.9. The van der Waals surface area contributed by atoms with Crippen LogP contribution in [0.25, 0.3) is 5.69 Å². The number of benzene rings is 2. The van der Waals surface area contributed by atoms with Crippen molar-refractivity contribution < 1.29 is 18.7 Å². The molecule has 118 valence electrons. The Kier molecular flexibility index (Phi) is 4.25. The summed E-state index contributed by atoms with van der Waals surface area (Å²) in [7, 11) is 1.32. The highest BCUT2D eigenvalue weighted by molar-refractivity contribution is 5.89. The molecule has 6 heteroatoms. The van der Waals surface area contributed by atoms with Crippen LogP contribution in [0, 0.1) is 11.8 Å². The Hall–Kier alpha value is -3.59. The van der Waals surface area contributed by atoms with Gasteiger partial charge in [0.25, 0.3) is 0 Å². The normalized spacial score (nSPS) is 9.88. The van der Waals surface area contributed by atoms with Crippen LogP contribution in [0.1, 0.15) is 21.6 Å². The van der Waals surface area contributed by atoms with Gasteiger partial charge in [-0.3, -0.25) is 4.52 Å². The molecule has 0 unspecified atom stereocenters. The number of aromatic nitrogens is 2. The molecule has 2 aromatic carbocycles. The maximum Gasteiger partial charge on any atom is 0.444 e. The third kappa shape index (κ3) is 3.10. The van der Waals surface area contributed by atoms with Gasteiger partial charge in [0.2, 0.25) is 5.69 Å². The number of nitrogens with zero attached hydrogens (tertiary/aromatic N) is 1. The van der Waals surface area contributed by atoms with Gasteiger partial charge in [-0.1, -0.05) is 24.1 Å². The smallest absolute Gasteiger partial charge is 0.444 e. The Morgan fingerprint density at radius 3 is 2.46 bits per heavy atom. The minimum atomic E-state index is -0.558. The molecule has 0 spiro atoms. The molecule has 1 N–H and O–H groups in total. The molecule has 24 heavy (non-hydrogen) atoms. The molecule has 1 aromatic heterocycles. The van der Waals surface area contributed by atoms with Crippen LogP contribution in [0.5, 0.6) is 0 Å². The van der Waals surface area contributed by atoms with Crippen LogP contribution in [-0.4, -0.2) is 18.4 Å². The van der Waals surface area contributed by atoms with E-state index in [2.05, 4.69) is 21.8 Å². The average molecular weight is 321 g/mol. The Morgan fingerprint density at radius 2 is 1.79 bits per heavy atom. The first kappa shape index (κ1) is 15.3. The first-order valence-corrected chi connectivity index (χ1v) is 7.08. The molecule has 6 nitrogen and oxygen atoms in total. The van der Waals surface area contributed by atoms with Crippen molar-refractivity contribution in [3.63, 3.8) is 0 Å². The van der Waals surface area contributed by atoms with E-state index in [1.165, 1.54) is 11.8 Å². The molecule has 0 aliphatic carbocycles. The highest BCUT2D eigenvalue weighted by Gasteiger charge is 2.20. The van der Waals surface area contributed by atoms with E-state index in [1.54, 1.807) is 24.3 Å². The molecule has 0 aliphatic rings. The number of ether oxygens (including phenoxy) is 1. The quantitative estimate of drug-likeness (QED) is 0.440. The van der Waals surface area contributed by atoms with Crippen molar-refractivity contribution in [3.8, 4) is 17.5 Å². The summed E-state index contributed by atoms with van der Waals surface area (Å²) in [5, 5.41) is 2.52. The molecule has 0 saturated carbocycles. The third-order valence-corrected chi connectivity index (χ3v) is 3.29. The Balaban J connectivity index is 1.93. The molecule has 3 rings (SSSR count). The predicted octanol–water partition coefficient (Wildman–Crippen LogP) is 1.43. The largest absolute Gasteiger partial charge is 0.465 e. The highest BCUT2D eigenvalue weighted by Crippen LogP contribution is 2.05. The number of methoxy groups -OCH3 is 1. The summed E-state index contributed by atoms with van der Waals surface area (Å²) in [5.74, 6) is 5.26. The van der Waals surface area contributed by atoms with Gasteiger partial charge in [0.1, 0.15) is 0 Å². The number of para-hydroxylation sites is 1. The zero-order chi connectivity index (χ0) is 16.9. The van der Waals surface area contributed by atoms with E-state index in [0.717, 1.165) is 5.69 Å². The van der Waals surface area contributed by atoms with Crippen LogP contribution >= 0.6 is 0 Å². The first-order chi connectivity index (χ1) is 11.7. The van der Waals surface area contributed by atoms with Crippen LogP contribution < -0.4 is 10.3 Å². The van der Waals surface area contributed by atoms with Crippen LogP contribution in [0.15, 0.2) is 63.9 Å². The lowest BCUT2D eigenvalue weighted by atomic mass is 10.1. The minimum absolute atomic E-state index is 0.179. The molecule has 0 radical (unpaired) electrons. The zero-order valence-electron chi connectivity index (χ0n) is 12.8. The topological polar surface area (TPSA) is 76.2 Å². The highest BCUT2D eigenvalue weighted by atomic mass is 16.5. The lowest BCUT2D eigenvalue weighted by Gasteiger charge is -1.97. The van der Waals surface area contributed by atoms with Gasteiger partial charge < -0.3 is 4.74 Å². The number of hydrogen-bond acceptors (Lipinski definition) is 4. The maximum atomic E-state index is 11.8. The SMILES string of the molecule is COC(=O)c1ccc(C#Cc2c(=O)o[nH][n+]2-c2ccccc2)cc1. The summed E-state index contributed by atoms with van der Waals surface area (Å²) in [4.78, 5) is 23.2. The number of aromatic amines is 1. The third-order valence-electron chi connectivity index (χ3n) is 3.29. The van der Waals surface area contributed by atoms with Gasteiger partial charge in [0.05, 0.1) is 12.7 Å². The van der Waals surface area contributed by atoms with E-state index in [0.29, 0.717) is 11.1 Å². The lowest BCUT2D eigenvalue weighted by molar-refractivity contribution is -0.672. The molecule has 0 aliphatic heterocycles. The van der Waals surface area contributed by atoms with Crippen LogP contribution in [0.2, 0.25) is 0 Å². The Labute approximate surface area is 137 Å². The summed E-state index contributed by atoms with van der Waals surface area (Å²) in [5.41, 5.74) is 1.44. The van der Waals surface area contributed by atoms with Crippen molar-refractivity contribution in [1.82, 2.24) is 5.27 Å². The first-order valence-electron chi connectivity index (χ1n) is 7.08. The second-order valence-corrected chi connectivity index (χ2v) is 4.82. The number of esters is 1. The van der Waals surface area contributed by atoms with E-state index in [-0.39, 0.29) is 5.69 Å². The van der Waals surface area contributed by atoms with Crippen molar-refractivity contribution in [2.24, 2.45) is 0 Å². The minimum Gasteiger partial charge on any atom is -0.465 e. The molecule has 0 atom stereocenters. The second kappa shape index (κ2) is 6.67. The molecular formula is C18H13N2O4+. The Bertz CT molecular complexity index is 974. The van der Waals surface area contributed by atoms with Crippen molar-refractivity contribution in [2.75, 3.05) is 7.11 Å². The fourth-order valence-electron chi connectivity index (χ4n) is 2.08. The van der Waals surface area contributed by atoms with Crippen molar-refractivity contribution in [2.45, 2.75) is 0 Å². The standard InChI is InChI=1S/C18H12N2O4/c1-23-17(21)14-10-7-13(8-11-14)9-12-16-18(22)24-19-20(16)15-5-3-2-4-6-15/h2-8,10-11H,1H3/p+1. The van der Waals surface area contributed by atoms with Gasteiger partial charge in [-0.2, -0.15) is 0 Å². The summed E-state index contributed by atoms with van der Waals surface area (Å²) in [6, 6.07) is 15.8. The van der Waals surface area contributed by atoms with Gasteiger partial charge in [-0.05, 0) is 34.2 Å². The van der Waals surface area contributed by atoms with Gasteiger partial charge >= 0.3 is 17.3 Å². The van der Waals surface area contributed by atoms with E-state index in [1.807, 2.05) is 30.3 Å². The molecule has 0 saturated heterocycles. The summed E-state index contributed by atoms with van der Waals surface area (Å²) in [6.07, 6.45) is 0. The second-order valence-electron chi connectivity index (χ2n) is 4.82. The monoisotopic (exact) mass is 321 g/mol. The van der Waals surface area contributed by atoms with E-state index >= 15 is 0 Å². The number of rotatable bonds is 2. The molecule has 0 bridgehead atoms. The maximum absolute atomic E-state index is 11.8. The van der Waals surface area contributed by atoms with Crippen LogP contribution in [-0.2, 0) is 4.74 Å². The molecule has 0 amide bonds. The molecule has 1 heterocycles. The summed E-state index contributed by atoms with van der Waals surface area (Å²) in [6.45, 7) is 0. The van der Waals surface area contributed by atoms with Gasteiger partial charge in [0, 0.05) is 23.6 Å².